The fourth-order valence-corrected chi connectivity index (χ4v) is 5.07. The lowest BCUT2D eigenvalue weighted by Gasteiger charge is -2.13. The Labute approximate surface area is 156 Å². The molecular formula is C18H17N3O3S2. The van der Waals surface area contributed by atoms with Gasteiger partial charge in [-0.1, -0.05) is 42.1 Å². The molecule has 0 bridgehead atoms. The van der Waals surface area contributed by atoms with Crippen molar-refractivity contribution in [1.82, 2.24) is 9.55 Å². The molecule has 26 heavy (non-hydrogen) atoms. The molecular weight excluding hydrogens is 370 g/mol. The molecule has 0 aliphatic carbocycles. The van der Waals surface area contributed by atoms with E-state index in [0.717, 1.165) is 28.7 Å². The molecule has 3 aromatic rings. The van der Waals surface area contributed by atoms with E-state index in [2.05, 4.69) is 14.3 Å². The van der Waals surface area contributed by atoms with E-state index < -0.39 is 10.0 Å². The van der Waals surface area contributed by atoms with E-state index in [-0.39, 0.29) is 4.90 Å². The highest BCUT2D eigenvalue weighted by molar-refractivity contribution is 7.99. The van der Waals surface area contributed by atoms with Crippen molar-refractivity contribution in [3.05, 3.63) is 54.7 Å². The summed E-state index contributed by atoms with van der Waals surface area (Å²) in [5.41, 5.74) is 1.99. The third-order valence-electron chi connectivity index (χ3n) is 4.11. The number of methoxy groups -OCH3 is 1. The zero-order valence-corrected chi connectivity index (χ0v) is 15.7. The monoisotopic (exact) mass is 387 g/mol. The van der Waals surface area contributed by atoms with E-state index in [4.69, 9.17) is 4.74 Å². The van der Waals surface area contributed by atoms with Gasteiger partial charge in [0, 0.05) is 24.1 Å². The Bertz CT molecular complexity index is 1040. The number of nitrogens with zero attached hydrogens (tertiary/aromatic N) is 2. The minimum atomic E-state index is -3.80. The van der Waals surface area contributed by atoms with Gasteiger partial charge in [0.1, 0.15) is 10.6 Å². The van der Waals surface area contributed by atoms with Crippen molar-refractivity contribution in [2.45, 2.75) is 16.6 Å². The Balaban J connectivity index is 1.73. The highest BCUT2D eigenvalue weighted by Crippen LogP contribution is 2.34. The van der Waals surface area contributed by atoms with E-state index in [0.29, 0.717) is 11.4 Å². The van der Waals surface area contributed by atoms with Gasteiger partial charge in [0.05, 0.1) is 18.5 Å². The molecule has 4 rings (SSSR count). The van der Waals surface area contributed by atoms with Crippen LogP contribution < -0.4 is 9.46 Å². The third kappa shape index (κ3) is 3.06. The molecule has 1 aromatic heterocycles. The maximum absolute atomic E-state index is 12.9. The van der Waals surface area contributed by atoms with Gasteiger partial charge >= 0.3 is 0 Å². The standard InChI is InChI=1S/C18H17N3O3S2/c1-24-16-8-4-5-9-17(16)26(22,23)20-14-7-3-2-6-13(14)15-12-21-10-11-25-18(21)19-15/h2-9,12,20H,10-11H2,1H3. The molecule has 0 saturated heterocycles. The SMILES string of the molecule is COc1ccccc1S(=O)(=O)Nc1ccccc1-c1cn2c(n1)SCC2. The van der Waals surface area contributed by atoms with Crippen LogP contribution in [-0.2, 0) is 16.6 Å². The molecule has 0 saturated carbocycles. The van der Waals surface area contributed by atoms with Crippen LogP contribution in [0.1, 0.15) is 0 Å². The zero-order chi connectivity index (χ0) is 18.1. The maximum Gasteiger partial charge on any atom is 0.265 e. The highest BCUT2D eigenvalue weighted by Gasteiger charge is 2.22. The molecule has 2 aromatic carbocycles. The molecule has 1 N–H and O–H groups in total. The van der Waals surface area contributed by atoms with Gasteiger partial charge in [-0.05, 0) is 18.2 Å². The minimum absolute atomic E-state index is 0.0974. The van der Waals surface area contributed by atoms with Gasteiger partial charge in [-0.15, -0.1) is 0 Å². The molecule has 6 nitrogen and oxygen atoms in total. The summed E-state index contributed by atoms with van der Waals surface area (Å²) in [4.78, 5) is 4.72. The number of aromatic nitrogens is 2. The number of thioether (sulfide) groups is 1. The molecule has 0 atom stereocenters. The summed E-state index contributed by atoms with van der Waals surface area (Å²) in [6, 6.07) is 13.8. The second-order valence-corrected chi connectivity index (χ2v) is 8.47. The number of aryl methyl sites for hydroxylation is 1. The second kappa shape index (κ2) is 6.69. The fourth-order valence-electron chi connectivity index (χ4n) is 2.88. The summed E-state index contributed by atoms with van der Waals surface area (Å²) in [5, 5.41) is 0.961. The summed E-state index contributed by atoms with van der Waals surface area (Å²) >= 11 is 1.70. The summed E-state index contributed by atoms with van der Waals surface area (Å²) < 4.78 is 35.7. The number of hydrogen-bond acceptors (Lipinski definition) is 5. The Morgan fingerprint density at radius 1 is 1.15 bits per heavy atom. The van der Waals surface area contributed by atoms with Gasteiger partial charge < -0.3 is 9.30 Å². The normalized spacial score (nSPS) is 13.4. The van der Waals surface area contributed by atoms with Crippen molar-refractivity contribution in [3.8, 4) is 17.0 Å². The van der Waals surface area contributed by atoms with E-state index in [1.54, 1.807) is 42.1 Å². The number of hydrogen-bond donors (Lipinski definition) is 1. The van der Waals surface area contributed by atoms with Crippen molar-refractivity contribution >= 4 is 27.5 Å². The molecule has 0 radical (unpaired) electrons. The van der Waals surface area contributed by atoms with Crippen molar-refractivity contribution < 1.29 is 13.2 Å². The van der Waals surface area contributed by atoms with Crippen LogP contribution in [0.3, 0.4) is 0 Å². The summed E-state index contributed by atoms with van der Waals surface area (Å²) in [5.74, 6) is 1.32. The molecule has 8 heteroatoms. The molecule has 0 amide bonds. The third-order valence-corrected chi connectivity index (χ3v) is 6.48. The molecule has 1 aliphatic rings. The Kier molecular flexibility index (Phi) is 4.37. The average molecular weight is 387 g/mol. The number of fused-ring (bicyclic) bond motifs is 1. The van der Waals surface area contributed by atoms with Crippen molar-refractivity contribution in [1.29, 1.82) is 0 Å². The predicted molar refractivity (Wildman–Crippen MR) is 102 cm³/mol. The first-order valence-electron chi connectivity index (χ1n) is 8.04. The first-order valence-corrected chi connectivity index (χ1v) is 10.5. The predicted octanol–water partition coefficient (Wildman–Crippen LogP) is 3.47. The van der Waals surface area contributed by atoms with E-state index in [1.807, 2.05) is 18.3 Å². The number of sulfonamides is 1. The van der Waals surface area contributed by atoms with Crippen LogP contribution in [0.5, 0.6) is 5.75 Å². The quantitative estimate of drug-likeness (QED) is 0.726. The van der Waals surface area contributed by atoms with Gasteiger partial charge in [-0.3, -0.25) is 4.72 Å². The van der Waals surface area contributed by atoms with Crippen LogP contribution in [0.15, 0.2) is 64.8 Å². The van der Waals surface area contributed by atoms with Crippen LogP contribution in [0, 0.1) is 0 Å². The number of ether oxygens (including phenoxy) is 1. The maximum atomic E-state index is 12.9. The van der Waals surface area contributed by atoms with Crippen molar-refractivity contribution in [2.75, 3.05) is 17.6 Å². The van der Waals surface area contributed by atoms with Gasteiger partial charge in [0.15, 0.2) is 5.16 Å². The van der Waals surface area contributed by atoms with Crippen LogP contribution in [0.4, 0.5) is 5.69 Å². The van der Waals surface area contributed by atoms with Crippen molar-refractivity contribution in [2.24, 2.45) is 0 Å². The topological polar surface area (TPSA) is 73.2 Å². The lowest BCUT2D eigenvalue weighted by molar-refractivity contribution is 0.403. The molecule has 2 heterocycles. The number of nitrogens with one attached hydrogen (secondary N) is 1. The first-order chi connectivity index (χ1) is 12.6. The number of para-hydroxylation sites is 2. The van der Waals surface area contributed by atoms with Gasteiger partial charge in [-0.2, -0.15) is 0 Å². The molecule has 1 aliphatic heterocycles. The Morgan fingerprint density at radius 3 is 2.73 bits per heavy atom. The second-order valence-electron chi connectivity index (χ2n) is 5.75. The van der Waals surface area contributed by atoms with Crippen LogP contribution in [0.2, 0.25) is 0 Å². The lowest BCUT2D eigenvalue weighted by Crippen LogP contribution is -2.14. The van der Waals surface area contributed by atoms with E-state index >= 15 is 0 Å². The molecule has 0 spiro atoms. The average Bonchev–Trinajstić information content (AvgIpc) is 3.24. The first kappa shape index (κ1) is 17.0. The van der Waals surface area contributed by atoms with Gasteiger partial charge in [0.2, 0.25) is 0 Å². The Morgan fingerprint density at radius 2 is 1.92 bits per heavy atom. The smallest absolute Gasteiger partial charge is 0.265 e. The lowest BCUT2D eigenvalue weighted by atomic mass is 10.1. The summed E-state index contributed by atoms with van der Waals surface area (Å²) in [7, 11) is -2.35. The summed E-state index contributed by atoms with van der Waals surface area (Å²) in [6.07, 6.45) is 1.96. The van der Waals surface area contributed by atoms with Crippen LogP contribution in [-0.4, -0.2) is 30.8 Å². The minimum Gasteiger partial charge on any atom is -0.495 e. The zero-order valence-electron chi connectivity index (χ0n) is 14.0. The Hall–Kier alpha value is -2.45. The highest BCUT2D eigenvalue weighted by atomic mass is 32.2. The number of anilines is 1. The van der Waals surface area contributed by atoms with Crippen LogP contribution >= 0.6 is 11.8 Å². The number of imidazole rings is 1. The van der Waals surface area contributed by atoms with Gasteiger partial charge in [-0.25, -0.2) is 13.4 Å². The van der Waals surface area contributed by atoms with Crippen molar-refractivity contribution in [3.63, 3.8) is 0 Å². The van der Waals surface area contributed by atoms with E-state index in [9.17, 15) is 8.42 Å². The molecule has 134 valence electrons. The molecule has 0 unspecified atom stereocenters. The van der Waals surface area contributed by atoms with Crippen LogP contribution in [0.25, 0.3) is 11.3 Å². The summed E-state index contributed by atoms with van der Waals surface area (Å²) in [6.45, 7) is 0.919. The molecule has 0 fully saturated rings. The van der Waals surface area contributed by atoms with E-state index in [1.165, 1.54) is 13.2 Å². The largest absolute Gasteiger partial charge is 0.495 e. The van der Waals surface area contributed by atoms with Gasteiger partial charge in [0.25, 0.3) is 10.0 Å². The fraction of sp³-hybridized carbons (Fsp3) is 0.167. The number of benzene rings is 2. The number of rotatable bonds is 5.